The second-order valence-corrected chi connectivity index (χ2v) is 5.95. The maximum atomic E-state index is 13.7. The summed E-state index contributed by atoms with van der Waals surface area (Å²) < 4.78 is 13.7. The summed E-state index contributed by atoms with van der Waals surface area (Å²) in [5.41, 5.74) is 1.55. The summed E-state index contributed by atoms with van der Waals surface area (Å²) in [4.78, 5) is 23.2. The summed E-state index contributed by atoms with van der Waals surface area (Å²) in [6.07, 6.45) is 2.92. The average Bonchev–Trinajstić information content (AvgIpc) is 3.07. The van der Waals surface area contributed by atoms with Crippen LogP contribution in [0.4, 0.5) is 4.39 Å². The van der Waals surface area contributed by atoms with Gasteiger partial charge in [-0.3, -0.25) is 9.59 Å². The minimum Gasteiger partial charge on any atom is -0.481 e. The molecule has 0 radical (unpaired) electrons. The van der Waals surface area contributed by atoms with Crippen LogP contribution in [0.2, 0.25) is 0 Å². The second kappa shape index (κ2) is 5.47. The molecule has 2 N–H and O–H groups in total. The molecule has 0 bridgehead atoms. The maximum absolute atomic E-state index is 13.7. The Kier molecular flexibility index (Phi) is 3.66. The Morgan fingerprint density at radius 1 is 1.19 bits per heavy atom. The van der Waals surface area contributed by atoms with Gasteiger partial charge in [0.05, 0.1) is 12.0 Å². The smallest absolute Gasteiger partial charge is 0.306 e. The molecule has 5 heteroatoms. The molecular formula is C16H18FNO3. The molecule has 1 aromatic carbocycles. The molecule has 0 heterocycles. The van der Waals surface area contributed by atoms with Crippen molar-refractivity contribution in [2.45, 2.75) is 38.1 Å². The lowest BCUT2D eigenvalue weighted by Gasteiger charge is -2.17. The van der Waals surface area contributed by atoms with E-state index in [1.54, 1.807) is 6.07 Å². The summed E-state index contributed by atoms with van der Waals surface area (Å²) in [6.45, 7) is 0. The first kappa shape index (κ1) is 14.0. The van der Waals surface area contributed by atoms with Crippen LogP contribution >= 0.6 is 0 Å². The first-order chi connectivity index (χ1) is 10.1. The van der Waals surface area contributed by atoms with Gasteiger partial charge >= 0.3 is 5.97 Å². The van der Waals surface area contributed by atoms with Crippen LogP contribution in [0.3, 0.4) is 0 Å². The minimum absolute atomic E-state index is 0.0964. The lowest BCUT2D eigenvalue weighted by atomic mass is 10.0. The predicted molar refractivity (Wildman–Crippen MR) is 74.1 cm³/mol. The average molecular weight is 291 g/mol. The zero-order valence-corrected chi connectivity index (χ0v) is 11.6. The van der Waals surface area contributed by atoms with E-state index in [1.165, 1.54) is 6.07 Å². The molecule has 1 aromatic rings. The molecule has 21 heavy (non-hydrogen) atoms. The van der Waals surface area contributed by atoms with Crippen molar-refractivity contribution in [3.05, 3.63) is 35.1 Å². The Hall–Kier alpha value is -1.91. The molecule has 0 spiro atoms. The van der Waals surface area contributed by atoms with Crippen molar-refractivity contribution in [1.29, 1.82) is 0 Å². The normalized spacial score (nSPS) is 27.4. The number of benzene rings is 1. The van der Waals surface area contributed by atoms with Gasteiger partial charge in [0.25, 0.3) is 0 Å². The van der Waals surface area contributed by atoms with Crippen LogP contribution in [0, 0.1) is 17.7 Å². The molecule has 0 aliphatic heterocycles. The van der Waals surface area contributed by atoms with E-state index >= 15 is 0 Å². The van der Waals surface area contributed by atoms with Crippen LogP contribution in [0.5, 0.6) is 0 Å². The summed E-state index contributed by atoms with van der Waals surface area (Å²) >= 11 is 0. The van der Waals surface area contributed by atoms with Gasteiger partial charge in [0.2, 0.25) is 5.91 Å². The molecule has 3 atom stereocenters. The van der Waals surface area contributed by atoms with Crippen LogP contribution < -0.4 is 5.32 Å². The highest BCUT2D eigenvalue weighted by Gasteiger charge is 2.35. The maximum Gasteiger partial charge on any atom is 0.306 e. The monoisotopic (exact) mass is 291 g/mol. The Morgan fingerprint density at radius 2 is 1.95 bits per heavy atom. The number of nitrogens with one attached hydrogen (secondary N) is 1. The highest BCUT2D eigenvalue weighted by Crippen LogP contribution is 2.35. The van der Waals surface area contributed by atoms with E-state index in [9.17, 15) is 14.0 Å². The summed E-state index contributed by atoms with van der Waals surface area (Å²) in [5.74, 6) is -1.77. The lowest BCUT2D eigenvalue weighted by Crippen LogP contribution is -2.32. The van der Waals surface area contributed by atoms with Crippen molar-refractivity contribution in [3.8, 4) is 0 Å². The van der Waals surface area contributed by atoms with Crippen molar-refractivity contribution in [3.63, 3.8) is 0 Å². The van der Waals surface area contributed by atoms with Crippen molar-refractivity contribution in [2.75, 3.05) is 0 Å². The van der Waals surface area contributed by atoms with Gasteiger partial charge in [-0.2, -0.15) is 0 Å². The summed E-state index contributed by atoms with van der Waals surface area (Å²) in [5, 5.41) is 11.9. The first-order valence-corrected chi connectivity index (χ1v) is 7.36. The zero-order valence-electron chi connectivity index (χ0n) is 11.6. The number of amides is 1. The van der Waals surface area contributed by atoms with Gasteiger partial charge in [-0.25, -0.2) is 4.39 Å². The van der Waals surface area contributed by atoms with E-state index in [0.717, 1.165) is 5.56 Å². The largest absolute Gasteiger partial charge is 0.481 e. The molecule has 0 saturated heterocycles. The number of carboxylic acids is 1. The number of hydrogen-bond donors (Lipinski definition) is 2. The Labute approximate surface area is 122 Å². The van der Waals surface area contributed by atoms with E-state index < -0.39 is 11.9 Å². The SMILES string of the molecule is O=C(O)[C@@H]1CC[C@H](C(=O)N[C@H]2CCc3c(F)cccc32)C1. The molecular weight excluding hydrogens is 273 g/mol. The first-order valence-electron chi connectivity index (χ1n) is 7.36. The van der Waals surface area contributed by atoms with E-state index in [-0.39, 0.29) is 23.7 Å². The van der Waals surface area contributed by atoms with Crippen molar-refractivity contribution >= 4 is 11.9 Å². The highest BCUT2D eigenvalue weighted by atomic mass is 19.1. The summed E-state index contributed by atoms with van der Waals surface area (Å²) in [7, 11) is 0. The van der Waals surface area contributed by atoms with E-state index in [2.05, 4.69) is 5.32 Å². The topological polar surface area (TPSA) is 66.4 Å². The van der Waals surface area contributed by atoms with Gasteiger partial charge in [0.1, 0.15) is 5.82 Å². The number of carboxylic acid groups (broad SMARTS) is 1. The number of carbonyl (C=O) groups excluding carboxylic acids is 1. The van der Waals surface area contributed by atoms with Crippen LogP contribution in [0.15, 0.2) is 18.2 Å². The molecule has 4 nitrogen and oxygen atoms in total. The number of halogens is 1. The number of fused-ring (bicyclic) bond motifs is 1. The number of rotatable bonds is 3. The third kappa shape index (κ3) is 2.64. The van der Waals surface area contributed by atoms with Crippen molar-refractivity contribution in [1.82, 2.24) is 5.32 Å². The van der Waals surface area contributed by atoms with Crippen molar-refractivity contribution < 1.29 is 19.1 Å². The van der Waals surface area contributed by atoms with E-state index in [0.29, 0.717) is 37.7 Å². The van der Waals surface area contributed by atoms with E-state index in [1.807, 2.05) is 6.07 Å². The molecule has 2 aliphatic rings. The summed E-state index contributed by atoms with van der Waals surface area (Å²) in [6, 6.07) is 4.81. The Morgan fingerprint density at radius 3 is 2.67 bits per heavy atom. The molecule has 1 saturated carbocycles. The number of carbonyl (C=O) groups is 2. The van der Waals surface area contributed by atoms with Crippen LogP contribution in [-0.2, 0) is 16.0 Å². The Bertz CT molecular complexity index is 587. The van der Waals surface area contributed by atoms with Gasteiger partial charge in [0, 0.05) is 5.92 Å². The molecule has 0 unspecified atom stereocenters. The third-order valence-corrected chi connectivity index (χ3v) is 4.68. The number of hydrogen-bond acceptors (Lipinski definition) is 2. The number of aliphatic carboxylic acids is 1. The molecule has 3 rings (SSSR count). The second-order valence-electron chi connectivity index (χ2n) is 5.95. The molecule has 2 aliphatic carbocycles. The Balaban J connectivity index is 1.65. The molecule has 112 valence electrons. The molecule has 0 aromatic heterocycles. The van der Waals surface area contributed by atoms with Crippen molar-refractivity contribution in [2.24, 2.45) is 11.8 Å². The highest BCUT2D eigenvalue weighted by molar-refractivity contribution is 5.81. The fraction of sp³-hybridized carbons (Fsp3) is 0.500. The molecule has 1 amide bonds. The fourth-order valence-electron chi connectivity index (χ4n) is 3.49. The lowest BCUT2D eigenvalue weighted by molar-refractivity contribution is -0.141. The van der Waals surface area contributed by atoms with Gasteiger partial charge < -0.3 is 10.4 Å². The van der Waals surface area contributed by atoms with Gasteiger partial charge in [-0.05, 0) is 49.3 Å². The standard InChI is InChI=1S/C16H18FNO3/c17-13-3-1-2-12-11(13)6-7-14(12)18-15(19)9-4-5-10(8-9)16(20)21/h1-3,9-10,14H,4-8H2,(H,18,19)(H,20,21)/t9-,10+,14-/m0/s1. The van der Waals surface area contributed by atoms with Gasteiger partial charge in [-0.1, -0.05) is 12.1 Å². The fourth-order valence-corrected chi connectivity index (χ4v) is 3.49. The van der Waals surface area contributed by atoms with Gasteiger partial charge in [-0.15, -0.1) is 0 Å². The van der Waals surface area contributed by atoms with Crippen LogP contribution in [0.25, 0.3) is 0 Å². The minimum atomic E-state index is -0.821. The quantitative estimate of drug-likeness (QED) is 0.899. The zero-order chi connectivity index (χ0) is 15.0. The van der Waals surface area contributed by atoms with Gasteiger partial charge in [0.15, 0.2) is 0 Å². The third-order valence-electron chi connectivity index (χ3n) is 4.68. The van der Waals surface area contributed by atoms with E-state index in [4.69, 9.17) is 5.11 Å². The molecule has 1 fully saturated rings. The predicted octanol–water partition coefficient (Wildman–Crippen LogP) is 2.43. The van der Waals surface area contributed by atoms with Crippen LogP contribution in [0.1, 0.15) is 42.9 Å². The van der Waals surface area contributed by atoms with Crippen LogP contribution in [-0.4, -0.2) is 17.0 Å².